The largest absolute Gasteiger partial charge is 0.488 e. The van der Waals surface area contributed by atoms with Gasteiger partial charge in [0, 0.05) is 30.6 Å². The molecular weight excluding hydrogens is 532 g/mol. The summed E-state index contributed by atoms with van der Waals surface area (Å²) in [6.07, 6.45) is 2.30. The smallest absolute Gasteiger partial charge is 0.342 e. The van der Waals surface area contributed by atoms with Crippen LogP contribution in [0.15, 0.2) is 54.7 Å². The molecule has 0 radical (unpaired) electrons. The molecule has 0 aliphatic carbocycles. The van der Waals surface area contributed by atoms with E-state index in [9.17, 15) is 9.90 Å². The summed E-state index contributed by atoms with van der Waals surface area (Å²) in [6, 6.07) is 16.0. The zero-order valence-corrected chi connectivity index (χ0v) is 24.5. The standard InChI is InChI=1S/C33H36N4O5/c1-21-7-5-8-26(28-9-6-10-29(35-28)37-31(40-4)27(15-34-37)32(38)39)30(21)42-17-24-12-11-23-16-36(14-13-25(23)22(24)2)18-33(3)19-41-20-33/h5-12,15H,13-14,16-20H2,1-4H3,(H,38,39). The van der Waals surface area contributed by atoms with E-state index in [1.165, 1.54) is 40.2 Å². The van der Waals surface area contributed by atoms with E-state index in [-0.39, 0.29) is 16.9 Å². The molecule has 9 nitrogen and oxygen atoms in total. The number of fused-ring (bicyclic) bond motifs is 1. The summed E-state index contributed by atoms with van der Waals surface area (Å²) in [5, 5.41) is 13.7. The molecular formula is C33H36N4O5. The molecule has 0 atom stereocenters. The Morgan fingerprint density at radius 1 is 1.12 bits per heavy atom. The highest BCUT2D eigenvalue weighted by atomic mass is 16.5. The first-order valence-corrected chi connectivity index (χ1v) is 14.2. The van der Waals surface area contributed by atoms with Crippen LogP contribution in [0.2, 0.25) is 0 Å². The van der Waals surface area contributed by atoms with Crippen LogP contribution < -0.4 is 9.47 Å². The van der Waals surface area contributed by atoms with Gasteiger partial charge in [-0.1, -0.05) is 37.3 Å². The lowest BCUT2D eigenvalue weighted by molar-refractivity contribution is -0.116. The Morgan fingerprint density at radius 3 is 2.67 bits per heavy atom. The van der Waals surface area contributed by atoms with Crippen LogP contribution in [-0.4, -0.2) is 64.2 Å². The van der Waals surface area contributed by atoms with Crippen molar-refractivity contribution in [3.05, 3.63) is 88.1 Å². The fraction of sp³-hybridized carbons (Fsp3) is 0.364. The Balaban J connectivity index is 1.23. The van der Waals surface area contributed by atoms with Gasteiger partial charge in [0.2, 0.25) is 5.88 Å². The SMILES string of the molecule is COc1c(C(=O)O)cnn1-c1cccc(-c2cccc(C)c2OCc2ccc3c(c2C)CCN(CC2(C)COC2)C3)n1. The summed E-state index contributed by atoms with van der Waals surface area (Å²) in [4.78, 5) is 19.0. The fourth-order valence-electron chi connectivity index (χ4n) is 6.05. The molecule has 0 saturated carbocycles. The van der Waals surface area contributed by atoms with E-state index >= 15 is 0 Å². The van der Waals surface area contributed by atoms with E-state index < -0.39 is 5.97 Å². The fourth-order valence-corrected chi connectivity index (χ4v) is 6.05. The summed E-state index contributed by atoms with van der Waals surface area (Å²) < 4.78 is 18.7. The van der Waals surface area contributed by atoms with Gasteiger partial charge in [0.25, 0.3) is 0 Å². The van der Waals surface area contributed by atoms with Gasteiger partial charge >= 0.3 is 5.97 Å². The zero-order valence-electron chi connectivity index (χ0n) is 24.5. The first-order chi connectivity index (χ1) is 20.3. The molecule has 6 rings (SSSR count). The molecule has 0 unspecified atom stereocenters. The average molecular weight is 569 g/mol. The van der Waals surface area contributed by atoms with Crippen molar-refractivity contribution in [2.45, 2.75) is 40.3 Å². The number of benzene rings is 2. The number of hydrogen-bond acceptors (Lipinski definition) is 7. The van der Waals surface area contributed by atoms with Gasteiger partial charge in [0.15, 0.2) is 5.82 Å². The minimum atomic E-state index is -1.11. The third-order valence-electron chi connectivity index (χ3n) is 8.35. The van der Waals surface area contributed by atoms with Gasteiger partial charge < -0.3 is 19.3 Å². The average Bonchev–Trinajstić information content (AvgIpc) is 3.41. The van der Waals surface area contributed by atoms with Crippen LogP contribution in [-0.2, 0) is 24.3 Å². The number of pyridine rings is 1. The van der Waals surface area contributed by atoms with Crippen molar-refractivity contribution in [1.82, 2.24) is 19.7 Å². The molecule has 9 heteroatoms. The minimum absolute atomic E-state index is 0.0281. The third kappa shape index (κ3) is 5.26. The second-order valence-corrected chi connectivity index (χ2v) is 11.7. The number of carbonyl (C=O) groups is 1. The van der Waals surface area contributed by atoms with Crippen molar-refractivity contribution in [2.75, 3.05) is 33.4 Å². The van der Waals surface area contributed by atoms with Gasteiger partial charge in [-0.25, -0.2) is 9.78 Å². The number of carboxylic acids is 1. The van der Waals surface area contributed by atoms with E-state index in [2.05, 4.69) is 36.0 Å². The maximum Gasteiger partial charge on any atom is 0.342 e. The normalized spacial score (nSPS) is 16.0. The molecule has 2 aliphatic heterocycles. The Kier molecular flexibility index (Phi) is 7.47. The van der Waals surface area contributed by atoms with Gasteiger partial charge in [0.1, 0.15) is 17.9 Å². The topological polar surface area (TPSA) is 98.9 Å². The van der Waals surface area contributed by atoms with Crippen molar-refractivity contribution in [3.63, 3.8) is 0 Å². The Labute approximate surface area is 245 Å². The van der Waals surface area contributed by atoms with E-state index in [0.29, 0.717) is 18.1 Å². The molecule has 2 aliphatic rings. The molecule has 4 aromatic rings. The van der Waals surface area contributed by atoms with Gasteiger partial charge in [-0.05, 0) is 66.3 Å². The van der Waals surface area contributed by atoms with E-state index in [1.807, 2.05) is 37.3 Å². The van der Waals surface area contributed by atoms with Crippen molar-refractivity contribution < 1.29 is 24.1 Å². The number of nitrogens with zero attached hydrogens (tertiary/aromatic N) is 4. The van der Waals surface area contributed by atoms with Crippen LogP contribution in [0.5, 0.6) is 11.6 Å². The van der Waals surface area contributed by atoms with Crippen molar-refractivity contribution >= 4 is 5.97 Å². The number of carboxylic acid groups (broad SMARTS) is 1. The number of hydrogen-bond donors (Lipinski definition) is 1. The first kappa shape index (κ1) is 27.9. The highest BCUT2D eigenvalue weighted by Crippen LogP contribution is 2.35. The highest BCUT2D eigenvalue weighted by molar-refractivity contribution is 5.90. The molecule has 218 valence electrons. The number of ether oxygens (including phenoxy) is 3. The molecule has 1 saturated heterocycles. The van der Waals surface area contributed by atoms with E-state index in [0.717, 1.165) is 56.1 Å². The van der Waals surface area contributed by atoms with Crippen LogP contribution in [0.25, 0.3) is 17.1 Å². The number of aromatic nitrogens is 3. The quantitative estimate of drug-likeness (QED) is 0.293. The third-order valence-corrected chi connectivity index (χ3v) is 8.35. The highest BCUT2D eigenvalue weighted by Gasteiger charge is 2.36. The van der Waals surface area contributed by atoms with Crippen molar-refractivity contribution in [2.24, 2.45) is 5.41 Å². The second kappa shape index (κ2) is 11.2. The van der Waals surface area contributed by atoms with Crippen LogP contribution in [0.3, 0.4) is 0 Å². The zero-order chi connectivity index (χ0) is 29.4. The summed E-state index contributed by atoms with van der Waals surface area (Å²) in [5.74, 6) is 0.212. The van der Waals surface area contributed by atoms with Crippen LogP contribution in [0, 0.1) is 19.3 Å². The Hall–Kier alpha value is -4.21. The molecule has 42 heavy (non-hydrogen) atoms. The van der Waals surface area contributed by atoms with Crippen LogP contribution >= 0.6 is 0 Å². The summed E-state index contributed by atoms with van der Waals surface area (Å²) in [6.45, 7) is 11.8. The molecule has 0 spiro atoms. The van der Waals surface area contributed by atoms with Crippen molar-refractivity contribution in [3.8, 4) is 28.7 Å². The molecule has 4 heterocycles. The summed E-state index contributed by atoms with van der Waals surface area (Å²) in [7, 11) is 1.42. The molecule has 2 aromatic heterocycles. The van der Waals surface area contributed by atoms with Crippen LogP contribution in [0.1, 0.15) is 45.1 Å². The predicted molar refractivity (Wildman–Crippen MR) is 158 cm³/mol. The molecule has 1 fully saturated rings. The Bertz CT molecular complexity index is 1640. The Morgan fingerprint density at radius 2 is 1.93 bits per heavy atom. The predicted octanol–water partition coefficient (Wildman–Crippen LogP) is 5.23. The van der Waals surface area contributed by atoms with Crippen LogP contribution in [0.4, 0.5) is 0 Å². The van der Waals surface area contributed by atoms with Gasteiger partial charge in [-0.3, -0.25) is 4.90 Å². The van der Waals surface area contributed by atoms with Gasteiger partial charge in [0.05, 0.1) is 32.2 Å². The maximum atomic E-state index is 11.6. The lowest BCUT2D eigenvalue weighted by atomic mass is 9.86. The lowest BCUT2D eigenvalue weighted by Crippen LogP contribution is -2.49. The van der Waals surface area contributed by atoms with Gasteiger partial charge in [-0.2, -0.15) is 9.78 Å². The van der Waals surface area contributed by atoms with Gasteiger partial charge in [-0.15, -0.1) is 0 Å². The van der Waals surface area contributed by atoms with E-state index in [4.69, 9.17) is 19.2 Å². The number of para-hydroxylation sites is 1. The molecule has 0 amide bonds. The summed E-state index contributed by atoms with van der Waals surface area (Å²) in [5.41, 5.74) is 8.13. The molecule has 0 bridgehead atoms. The second-order valence-electron chi connectivity index (χ2n) is 11.7. The maximum absolute atomic E-state index is 11.6. The monoisotopic (exact) mass is 568 g/mol. The minimum Gasteiger partial charge on any atom is -0.488 e. The molecule has 2 aromatic carbocycles. The van der Waals surface area contributed by atoms with E-state index in [1.54, 1.807) is 6.07 Å². The summed E-state index contributed by atoms with van der Waals surface area (Å²) >= 11 is 0. The number of methoxy groups -OCH3 is 1. The molecule has 1 N–H and O–H groups in total. The number of rotatable bonds is 9. The number of aryl methyl sites for hydroxylation is 1. The number of aromatic carboxylic acids is 1. The first-order valence-electron chi connectivity index (χ1n) is 14.2. The van der Waals surface area contributed by atoms with Crippen molar-refractivity contribution in [1.29, 1.82) is 0 Å². The lowest BCUT2D eigenvalue weighted by Gasteiger charge is -2.43.